The highest BCUT2D eigenvalue weighted by atomic mass is 35.7. The van der Waals surface area contributed by atoms with Gasteiger partial charge < -0.3 is 14.6 Å². The summed E-state index contributed by atoms with van der Waals surface area (Å²) in [4.78, 5) is 10.7. The maximum atomic E-state index is 11.1. The van der Waals surface area contributed by atoms with Gasteiger partial charge in [0.05, 0.1) is 11.5 Å². The Kier molecular flexibility index (Phi) is 4.94. The fraction of sp³-hybridized carbons (Fsp3) is 0.300. The van der Waals surface area contributed by atoms with E-state index in [0.717, 1.165) is 6.07 Å². The zero-order valence-electron chi connectivity index (χ0n) is 9.42. The molecule has 0 aromatic heterocycles. The summed E-state index contributed by atoms with van der Waals surface area (Å²) in [6.07, 6.45) is 0. The summed E-state index contributed by atoms with van der Waals surface area (Å²) in [7, 11) is 2.64. The topological polar surface area (TPSA) is 89.9 Å². The van der Waals surface area contributed by atoms with Gasteiger partial charge in [0.1, 0.15) is 17.9 Å². The van der Waals surface area contributed by atoms with E-state index < -0.39 is 15.0 Å². The van der Waals surface area contributed by atoms with Crippen LogP contribution in [0, 0.1) is 0 Å². The molecule has 18 heavy (non-hydrogen) atoms. The number of carboxylic acids is 1. The zero-order valence-corrected chi connectivity index (χ0v) is 11.0. The van der Waals surface area contributed by atoms with Crippen LogP contribution in [-0.2, 0) is 13.8 Å². The Bertz CT molecular complexity index is 539. The Morgan fingerprint density at radius 2 is 2.06 bits per heavy atom. The third kappa shape index (κ3) is 3.86. The van der Waals surface area contributed by atoms with Crippen LogP contribution in [-0.4, -0.2) is 39.8 Å². The molecule has 0 unspecified atom stereocenters. The number of aromatic carboxylic acids is 1. The maximum Gasteiger partial charge on any atom is 0.339 e. The van der Waals surface area contributed by atoms with Crippen LogP contribution in [0.2, 0.25) is 0 Å². The van der Waals surface area contributed by atoms with Gasteiger partial charge in [-0.05, 0) is 18.2 Å². The first-order chi connectivity index (χ1) is 8.36. The van der Waals surface area contributed by atoms with E-state index in [4.69, 9.17) is 25.3 Å². The molecule has 0 aliphatic rings. The van der Waals surface area contributed by atoms with Crippen molar-refractivity contribution in [1.82, 2.24) is 0 Å². The van der Waals surface area contributed by atoms with E-state index in [0.29, 0.717) is 0 Å². The van der Waals surface area contributed by atoms with Gasteiger partial charge in [0.15, 0.2) is 0 Å². The number of methoxy groups -OCH3 is 1. The molecule has 0 fully saturated rings. The smallest absolute Gasteiger partial charge is 0.339 e. The fourth-order valence-electron chi connectivity index (χ4n) is 1.19. The molecule has 0 radical (unpaired) electrons. The molecule has 0 saturated carbocycles. The van der Waals surface area contributed by atoms with E-state index >= 15 is 0 Å². The highest BCUT2D eigenvalue weighted by Crippen LogP contribution is 2.24. The van der Waals surface area contributed by atoms with Crippen molar-refractivity contribution < 1.29 is 27.8 Å². The molecule has 100 valence electrons. The highest BCUT2D eigenvalue weighted by molar-refractivity contribution is 8.13. The maximum absolute atomic E-state index is 11.1. The monoisotopic (exact) mass is 294 g/mol. The fourth-order valence-corrected chi connectivity index (χ4v) is 1.97. The number of benzene rings is 1. The average Bonchev–Trinajstić information content (AvgIpc) is 2.28. The van der Waals surface area contributed by atoms with Crippen LogP contribution in [0.25, 0.3) is 0 Å². The standard InChI is InChI=1S/C10H11ClO6S/c1-16-4-5-17-9-3-2-7(18(11,14)15)6-8(9)10(12)13/h2-3,6H,4-5H2,1H3,(H,12,13). The van der Waals surface area contributed by atoms with Crippen molar-refractivity contribution in [2.24, 2.45) is 0 Å². The minimum absolute atomic E-state index is 0.0589. The molecule has 1 rings (SSSR count). The largest absolute Gasteiger partial charge is 0.490 e. The Labute approximate surface area is 109 Å². The van der Waals surface area contributed by atoms with Crippen molar-refractivity contribution in [1.29, 1.82) is 0 Å². The van der Waals surface area contributed by atoms with Gasteiger partial charge in [0.2, 0.25) is 0 Å². The van der Waals surface area contributed by atoms with Gasteiger partial charge in [0.25, 0.3) is 9.05 Å². The van der Waals surface area contributed by atoms with Crippen molar-refractivity contribution in [2.75, 3.05) is 20.3 Å². The van der Waals surface area contributed by atoms with Crippen LogP contribution in [0.3, 0.4) is 0 Å². The van der Waals surface area contributed by atoms with Crippen molar-refractivity contribution in [3.63, 3.8) is 0 Å². The lowest BCUT2D eigenvalue weighted by Crippen LogP contribution is -2.09. The van der Waals surface area contributed by atoms with E-state index in [2.05, 4.69) is 0 Å². The first-order valence-electron chi connectivity index (χ1n) is 4.80. The van der Waals surface area contributed by atoms with E-state index in [1.807, 2.05) is 0 Å². The normalized spacial score (nSPS) is 11.2. The van der Waals surface area contributed by atoms with Crippen molar-refractivity contribution in [3.8, 4) is 5.75 Å². The minimum atomic E-state index is -3.97. The van der Waals surface area contributed by atoms with Gasteiger partial charge in [-0.3, -0.25) is 0 Å². The van der Waals surface area contributed by atoms with E-state index in [1.165, 1.54) is 19.2 Å². The molecule has 1 N–H and O–H groups in total. The third-order valence-electron chi connectivity index (χ3n) is 2.01. The number of halogens is 1. The summed E-state index contributed by atoms with van der Waals surface area (Å²) >= 11 is 0. The molecule has 6 nitrogen and oxygen atoms in total. The second kappa shape index (κ2) is 6.03. The number of carboxylic acid groups (broad SMARTS) is 1. The highest BCUT2D eigenvalue weighted by Gasteiger charge is 2.17. The van der Waals surface area contributed by atoms with Gasteiger partial charge in [-0.1, -0.05) is 0 Å². The first kappa shape index (κ1) is 14.7. The van der Waals surface area contributed by atoms with Crippen LogP contribution in [0.15, 0.2) is 23.1 Å². The van der Waals surface area contributed by atoms with Crippen LogP contribution < -0.4 is 4.74 Å². The van der Waals surface area contributed by atoms with Crippen LogP contribution >= 0.6 is 10.7 Å². The van der Waals surface area contributed by atoms with Crippen LogP contribution in [0.5, 0.6) is 5.75 Å². The average molecular weight is 295 g/mol. The number of hydrogen-bond acceptors (Lipinski definition) is 5. The molecule has 0 amide bonds. The van der Waals surface area contributed by atoms with Crippen molar-refractivity contribution >= 4 is 25.7 Å². The van der Waals surface area contributed by atoms with E-state index in [-0.39, 0.29) is 29.4 Å². The molecule has 0 bridgehead atoms. The molecule has 8 heteroatoms. The van der Waals surface area contributed by atoms with E-state index in [9.17, 15) is 13.2 Å². The minimum Gasteiger partial charge on any atom is -0.490 e. The molecular weight excluding hydrogens is 284 g/mol. The predicted octanol–water partition coefficient (Wildman–Crippen LogP) is 1.34. The van der Waals surface area contributed by atoms with Crippen LogP contribution in [0.1, 0.15) is 10.4 Å². The van der Waals surface area contributed by atoms with Crippen LogP contribution in [0.4, 0.5) is 0 Å². The predicted molar refractivity (Wildman–Crippen MR) is 63.8 cm³/mol. The number of hydrogen-bond donors (Lipinski definition) is 1. The SMILES string of the molecule is COCCOc1ccc(S(=O)(=O)Cl)cc1C(=O)O. The molecule has 0 aliphatic carbocycles. The van der Waals surface area contributed by atoms with Gasteiger partial charge in [-0.2, -0.15) is 0 Å². The summed E-state index contributed by atoms with van der Waals surface area (Å²) in [5, 5.41) is 8.96. The zero-order chi connectivity index (χ0) is 13.8. The molecule has 0 spiro atoms. The van der Waals surface area contributed by atoms with Gasteiger partial charge in [-0.15, -0.1) is 0 Å². The molecular formula is C10H11ClO6S. The summed E-state index contributed by atoms with van der Waals surface area (Å²) in [6.45, 7) is 0.443. The van der Waals surface area contributed by atoms with Gasteiger partial charge in [-0.25, -0.2) is 13.2 Å². The molecule has 0 aliphatic heterocycles. The summed E-state index contributed by atoms with van der Waals surface area (Å²) in [5.74, 6) is -1.24. The lowest BCUT2D eigenvalue weighted by Gasteiger charge is -2.09. The Morgan fingerprint density at radius 3 is 2.56 bits per heavy atom. The summed E-state index contributed by atoms with van der Waals surface area (Å²) in [5.41, 5.74) is -0.271. The number of ether oxygens (including phenoxy) is 2. The lowest BCUT2D eigenvalue weighted by molar-refractivity contribution is 0.0689. The first-order valence-corrected chi connectivity index (χ1v) is 7.11. The summed E-state index contributed by atoms with van der Waals surface area (Å²) < 4.78 is 32.1. The summed E-state index contributed by atoms with van der Waals surface area (Å²) in [6, 6.07) is 3.37. The molecule has 1 aromatic carbocycles. The number of rotatable bonds is 6. The van der Waals surface area contributed by atoms with Crippen molar-refractivity contribution in [2.45, 2.75) is 4.90 Å². The second-order valence-electron chi connectivity index (χ2n) is 3.24. The molecule has 0 atom stereocenters. The number of carbonyl (C=O) groups is 1. The third-order valence-corrected chi connectivity index (χ3v) is 3.36. The Balaban J connectivity index is 3.09. The van der Waals surface area contributed by atoms with E-state index in [1.54, 1.807) is 0 Å². The Morgan fingerprint density at radius 1 is 1.39 bits per heavy atom. The van der Waals surface area contributed by atoms with Gasteiger partial charge >= 0.3 is 5.97 Å². The Hall–Kier alpha value is -1.31. The molecule has 0 heterocycles. The van der Waals surface area contributed by atoms with Gasteiger partial charge in [0, 0.05) is 17.8 Å². The molecule has 0 saturated heterocycles. The quantitative estimate of drug-likeness (QED) is 0.629. The van der Waals surface area contributed by atoms with Crippen molar-refractivity contribution in [3.05, 3.63) is 23.8 Å². The lowest BCUT2D eigenvalue weighted by atomic mass is 10.2. The molecule has 1 aromatic rings. The second-order valence-corrected chi connectivity index (χ2v) is 5.81.